The summed E-state index contributed by atoms with van der Waals surface area (Å²) in [7, 11) is 0. The normalized spacial score (nSPS) is 16.8. The standard InChI is InChI=1S/C14H21N3O2S/c1-3-12-10-20-14(16-12)11-5-7-17(8-6-11)13(18)9-19-15-4-2/h4,10-11H,3,5-9H2,1-2H3/b15-4+. The van der Waals surface area contributed by atoms with Gasteiger partial charge in [-0.2, -0.15) is 0 Å². The summed E-state index contributed by atoms with van der Waals surface area (Å²) in [5, 5.41) is 6.97. The molecule has 2 rings (SSSR count). The first-order chi connectivity index (χ1) is 9.74. The minimum absolute atomic E-state index is 0.0161. The molecule has 0 N–H and O–H groups in total. The van der Waals surface area contributed by atoms with E-state index in [-0.39, 0.29) is 12.5 Å². The molecule has 1 aromatic heterocycles. The largest absolute Gasteiger partial charge is 0.386 e. The van der Waals surface area contributed by atoms with E-state index < -0.39 is 0 Å². The number of oxime groups is 1. The molecule has 0 spiro atoms. The quantitative estimate of drug-likeness (QED) is 0.619. The Labute approximate surface area is 123 Å². The van der Waals surface area contributed by atoms with Crippen molar-refractivity contribution in [1.82, 2.24) is 9.88 Å². The first-order valence-electron chi connectivity index (χ1n) is 7.06. The number of piperidine rings is 1. The molecule has 2 heterocycles. The van der Waals surface area contributed by atoms with Gasteiger partial charge in [-0.1, -0.05) is 12.1 Å². The van der Waals surface area contributed by atoms with Crippen LogP contribution in [0.3, 0.4) is 0 Å². The van der Waals surface area contributed by atoms with Crippen LogP contribution in [0.15, 0.2) is 10.5 Å². The molecule has 0 aliphatic carbocycles. The molecule has 1 saturated heterocycles. The predicted octanol–water partition coefficient (Wildman–Crippen LogP) is 2.43. The van der Waals surface area contributed by atoms with Gasteiger partial charge >= 0.3 is 0 Å². The summed E-state index contributed by atoms with van der Waals surface area (Å²) in [5.41, 5.74) is 1.18. The Hall–Kier alpha value is -1.43. The molecule has 0 atom stereocenters. The van der Waals surface area contributed by atoms with Gasteiger partial charge in [0, 0.05) is 30.6 Å². The Balaban J connectivity index is 1.81. The van der Waals surface area contributed by atoms with Crippen LogP contribution in [-0.2, 0) is 16.1 Å². The molecule has 0 aromatic carbocycles. The Morgan fingerprint density at radius 1 is 1.60 bits per heavy atom. The van der Waals surface area contributed by atoms with Gasteiger partial charge in [0.05, 0.1) is 10.7 Å². The third-order valence-corrected chi connectivity index (χ3v) is 4.55. The van der Waals surface area contributed by atoms with Gasteiger partial charge in [0.15, 0.2) is 6.61 Å². The fourth-order valence-electron chi connectivity index (χ4n) is 2.31. The molecule has 1 fully saturated rings. The number of nitrogens with zero attached hydrogens (tertiary/aromatic N) is 3. The minimum Gasteiger partial charge on any atom is -0.386 e. The molecule has 1 amide bonds. The number of aryl methyl sites for hydroxylation is 1. The molecule has 0 saturated carbocycles. The van der Waals surface area contributed by atoms with Gasteiger partial charge in [-0.25, -0.2) is 4.98 Å². The number of carbonyl (C=O) groups excluding carboxylic acids is 1. The van der Waals surface area contributed by atoms with Crippen LogP contribution in [0.5, 0.6) is 0 Å². The van der Waals surface area contributed by atoms with Gasteiger partial charge in [-0.05, 0) is 26.2 Å². The fraction of sp³-hybridized carbons (Fsp3) is 0.643. The average molecular weight is 295 g/mol. The SMILES string of the molecule is C/C=N/OCC(=O)N1CCC(c2nc(CC)cs2)CC1. The van der Waals surface area contributed by atoms with Crippen molar-refractivity contribution in [2.24, 2.45) is 5.16 Å². The zero-order valence-electron chi connectivity index (χ0n) is 12.0. The lowest BCUT2D eigenvalue weighted by Crippen LogP contribution is -2.39. The Kier molecular flexibility index (Phi) is 5.52. The van der Waals surface area contributed by atoms with Crippen molar-refractivity contribution in [3.8, 4) is 0 Å². The zero-order valence-corrected chi connectivity index (χ0v) is 12.9. The monoisotopic (exact) mass is 295 g/mol. The van der Waals surface area contributed by atoms with Crippen LogP contribution < -0.4 is 0 Å². The third-order valence-electron chi connectivity index (χ3n) is 3.50. The molecule has 0 bridgehead atoms. The molecular weight excluding hydrogens is 274 g/mol. The van der Waals surface area contributed by atoms with E-state index >= 15 is 0 Å². The number of hydrogen-bond acceptors (Lipinski definition) is 5. The molecule has 1 aromatic rings. The first kappa shape index (κ1) is 15.0. The summed E-state index contributed by atoms with van der Waals surface area (Å²) in [5.74, 6) is 0.515. The lowest BCUT2D eigenvalue weighted by atomic mass is 9.97. The van der Waals surface area contributed by atoms with Crippen molar-refractivity contribution in [1.29, 1.82) is 0 Å². The van der Waals surface area contributed by atoms with Crippen LogP contribution in [-0.4, -0.2) is 41.7 Å². The number of likely N-dealkylation sites (tertiary alicyclic amines) is 1. The highest BCUT2D eigenvalue weighted by molar-refractivity contribution is 7.09. The predicted molar refractivity (Wildman–Crippen MR) is 80.2 cm³/mol. The Bertz CT molecular complexity index is 465. The number of rotatable bonds is 5. The Morgan fingerprint density at radius 2 is 2.35 bits per heavy atom. The second kappa shape index (κ2) is 7.38. The van der Waals surface area contributed by atoms with Crippen LogP contribution >= 0.6 is 11.3 Å². The molecule has 20 heavy (non-hydrogen) atoms. The third kappa shape index (κ3) is 3.79. The highest BCUT2D eigenvalue weighted by atomic mass is 32.1. The van der Waals surface area contributed by atoms with Gasteiger partial charge in [0.1, 0.15) is 0 Å². The minimum atomic E-state index is 0.0161. The van der Waals surface area contributed by atoms with E-state index in [1.165, 1.54) is 16.9 Å². The van der Waals surface area contributed by atoms with Crippen molar-refractivity contribution in [3.63, 3.8) is 0 Å². The molecule has 1 aliphatic rings. The van der Waals surface area contributed by atoms with E-state index in [0.717, 1.165) is 32.4 Å². The summed E-state index contributed by atoms with van der Waals surface area (Å²) in [6, 6.07) is 0. The van der Waals surface area contributed by atoms with Gasteiger partial charge < -0.3 is 9.74 Å². The molecule has 5 nitrogen and oxygen atoms in total. The van der Waals surface area contributed by atoms with Crippen LogP contribution in [0, 0.1) is 0 Å². The summed E-state index contributed by atoms with van der Waals surface area (Å²) in [6.07, 6.45) is 4.50. The molecule has 6 heteroatoms. The van der Waals surface area contributed by atoms with Crippen LogP contribution in [0.4, 0.5) is 0 Å². The smallest absolute Gasteiger partial charge is 0.263 e. The van der Waals surface area contributed by atoms with Crippen molar-refractivity contribution in [2.45, 2.75) is 39.0 Å². The maximum Gasteiger partial charge on any atom is 0.263 e. The topological polar surface area (TPSA) is 54.8 Å². The van der Waals surface area contributed by atoms with Gasteiger partial charge in [-0.3, -0.25) is 4.79 Å². The van der Waals surface area contributed by atoms with E-state index in [2.05, 4.69) is 22.4 Å². The van der Waals surface area contributed by atoms with Crippen LogP contribution in [0.1, 0.15) is 43.3 Å². The van der Waals surface area contributed by atoms with Gasteiger partial charge in [-0.15, -0.1) is 11.3 Å². The number of thiazole rings is 1. The average Bonchev–Trinajstić information content (AvgIpc) is 2.96. The van der Waals surface area contributed by atoms with E-state index in [1.807, 2.05) is 4.90 Å². The maximum atomic E-state index is 11.9. The van der Waals surface area contributed by atoms with E-state index in [1.54, 1.807) is 18.3 Å². The van der Waals surface area contributed by atoms with E-state index in [0.29, 0.717) is 5.92 Å². The van der Waals surface area contributed by atoms with Gasteiger partial charge in [0.2, 0.25) is 0 Å². The molecule has 110 valence electrons. The van der Waals surface area contributed by atoms with Crippen molar-refractivity contribution in [3.05, 3.63) is 16.1 Å². The van der Waals surface area contributed by atoms with Crippen molar-refractivity contribution >= 4 is 23.5 Å². The first-order valence-corrected chi connectivity index (χ1v) is 7.94. The molecule has 0 radical (unpaired) electrons. The summed E-state index contributed by atoms with van der Waals surface area (Å²) in [6.45, 7) is 5.48. The second-order valence-electron chi connectivity index (χ2n) is 4.82. The van der Waals surface area contributed by atoms with E-state index in [9.17, 15) is 4.79 Å². The molecule has 0 unspecified atom stereocenters. The van der Waals surface area contributed by atoms with Gasteiger partial charge in [0.25, 0.3) is 5.91 Å². The van der Waals surface area contributed by atoms with E-state index in [4.69, 9.17) is 4.84 Å². The fourth-order valence-corrected chi connectivity index (χ4v) is 3.38. The van der Waals surface area contributed by atoms with Crippen molar-refractivity contribution < 1.29 is 9.63 Å². The number of amides is 1. The number of aromatic nitrogens is 1. The lowest BCUT2D eigenvalue weighted by Gasteiger charge is -2.30. The van der Waals surface area contributed by atoms with Crippen LogP contribution in [0.25, 0.3) is 0 Å². The molecule has 1 aliphatic heterocycles. The number of hydrogen-bond donors (Lipinski definition) is 0. The molecular formula is C14H21N3O2S. The summed E-state index contributed by atoms with van der Waals surface area (Å²) >= 11 is 1.75. The Morgan fingerprint density at radius 3 is 2.95 bits per heavy atom. The van der Waals surface area contributed by atoms with Crippen molar-refractivity contribution in [2.75, 3.05) is 19.7 Å². The highest BCUT2D eigenvalue weighted by Gasteiger charge is 2.25. The summed E-state index contributed by atoms with van der Waals surface area (Å²) in [4.78, 5) is 23.3. The highest BCUT2D eigenvalue weighted by Crippen LogP contribution is 2.30. The number of carbonyl (C=O) groups is 1. The summed E-state index contributed by atoms with van der Waals surface area (Å²) < 4.78 is 0. The zero-order chi connectivity index (χ0) is 14.4. The second-order valence-corrected chi connectivity index (χ2v) is 5.71. The lowest BCUT2D eigenvalue weighted by molar-refractivity contribution is -0.137. The maximum absolute atomic E-state index is 11.9. The van der Waals surface area contributed by atoms with Crippen LogP contribution in [0.2, 0.25) is 0 Å².